The number of benzene rings is 3. The number of likely N-dealkylation sites (tertiary alicyclic amines) is 1. The Hall–Kier alpha value is -6.46. The van der Waals surface area contributed by atoms with Crippen molar-refractivity contribution < 1.29 is 37.5 Å². The van der Waals surface area contributed by atoms with Crippen molar-refractivity contribution in [1.29, 1.82) is 5.41 Å². The van der Waals surface area contributed by atoms with E-state index in [-0.39, 0.29) is 54.4 Å². The predicted molar refractivity (Wildman–Crippen MR) is 217 cm³/mol. The molecule has 0 aliphatic carbocycles. The molecule has 3 saturated heterocycles. The highest BCUT2D eigenvalue weighted by molar-refractivity contribution is 6.23. The van der Waals surface area contributed by atoms with Crippen LogP contribution in [0.3, 0.4) is 0 Å². The lowest BCUT2D eigenvalue weighted by Crippen LogP contribution is -2.54. The highest BCUT2D eigenvalue weighted by Gasteiger charge is 2.44. The largest absolute Gasteiger partial charge is 0.387 e. The zero-order chi connectivity index (χ0) is 41.9. The summed E-state index contributed by atoms with van der Waals surface area (Å²) in [6, 6.07) is 11.6. The summed E-state index contributed by atoms with van der Waals surface area (Å²) in [6.07, 6.45) is 6.06. The smallest absolute Gasteiger partial charge is 0.262 e. The maximum absolute atomic E-state index is 15.4. The number of carbonyl (C=O) groups is 5. The fourth-order valence-electron chi connectivity index (χ4n) is 8.04. The molecule has 0 saturated carbocycles. The van der Waals surface area contributed by atoms with E-state index < -0.39 is 41.3 Å². The number of ether oxygens (including phenoxy) is 1. The number of nitrogens with zero attached hydrogens (tertiary/aromatic N) is 5. The van der Waals surface area contributed by atoms with Gasteiger partial charge in [0.1, 0.15) is 17.7 Å². The number of hydrogen-bond acceptors (Lipinski definition) is 12. The van der Waals surface area contributed by atoms with Crippen LogP contribution in [0.4, 0.5) is 14.5 Å². The second kappa shape index (κ2) is 17.4. The van der Waals surface area contributed by atoms with Crippen LogP contribution >= 0.6 is 0 Å². The van der Waals surface area contributed by atoms with E-state index in [4.69, 9.17) is 15.1 Å². The lowest BCUT2D eigenvalue weighted by atomic mass is 10.0. The Morgan fingerprint density at radius 2 is 1.68 bits per heavy atom. The number of halogens is 2. The molecule has 1 unspecified atom stereocenters. The fourth-order valence-corrected chi connectivity index (χ4v) is 8.04. The molecule has 5 heterocycles. The molecule has 3 fully saturated rings. The number of imide groups is 2. The summed E-state index contributed by atoms with van der Waals surface area (Å²) in [4.78, 5) is 77.2. The van der Waals surface area contributed by atoms with Gasteiger partial charge >= 0.3 is 0 Å². The van der Waals surface area contributed by atoms with Crippen molar-refractivity contribution in [3.8, 4) is 11.1 Å². The number of amides is 5. The summed E-state index contributed by atoms with van der Waals surface area (Å²) in [5.74, 6) is -3.61. The number of carbonyl (C=O) groups excluding carboxylic acids is 5. The van der Waals surface area contributed by atoms with Gasteiger partial charge in [0.05, 0.1) is 47.3 Å². The van der Waals surface area contributed by atoms with E-state index in [1.54, 1.807) is 41.6 Å². The van der Waals surface area contributed by atoms with E-state index in [9.17, 15) is 24.0 Å². The molecule has 4 aliphatic heterocycles. The molecule has 8 rings (SSSR count). The number of fused-ring (bicyclic) bond motifs is 2. The molecular formula is C43H43F2N9O6. The molecule has 310 valence electrons. The molecule has 0 spiro atoms. The van der Waals surface area contributed by atoms with Crippen LogP contribution in [0.5, 0.6) is 0 Å². The quantitative estimate of drug-likeness (QED) is 0.120. The van der Waals surface area contributed by atoms with Gasteiger partial charge in [-0.3, -0.25) is 44.1 Å². The van der Waals surface area contributed by atoms with E-state index >= 15 is 8.78 Å². The minimum Gasteiger partial charge on any atom is -0.387 e. The topological polar surface area (TPSA) is 190 Å². The zero-order valence-corrected chi connectivity index (χ0v) is 32.6. The van der Waals surface area contributed by atoms with Crippen molar-refractivity contribution in [3.63, 3.8) is 0 Å². The van der Waals surface area contributed by atoms with E-state index in [0.29, 0.717) is 97.9 Å². The molecule has 4 aliphatic rings. The van der Waals surface area contributed by atoms with Gasteiger partial charge in [-0.2, -0.15) is 0 Å². The molecule has 17 heteroatoms. The SMILES string of the molecule is N=C/C(=C\NC1CCN(C(=O)CCNc2ccc3c(c2)C(=O)N(C2CCC(=O)NC2=O)C3=O)CC1)c1cnc2cccc(-c3cc(F)c(CN4CCOCC4)c(F)c3)c2n1. The zero-order valence-electron chi connectivity index (χ0n) is 32.6. The van der Waals surface area contributed by atoms with Gasteiger partial charge in [0.25, 0.3) is 11.8 Å². The van der Waals surface area contributed by atoms with Gasteiger partial charge in [-0.25, -0.2) is 13.8 Å². The minimum atomic E-state index is -1.05. The normalized spacial score (nSPS) is 19.1. The van der Waals surface area contributed by atoms with Crippen LogP contribution in [0.2, 0.25) is 0 Å². The molecule has 4 N–H and O–H groups in total. The van der Waals surface area contributed by atoms with E-state index in [0.717, 1.165) is 4.90 Å². The number of anilines is 1. The van der Waals surface area contributed by atoms with Gasteiger partial charge < -0.3 is 25.7 Å². The number of hydrogen-bond donors (Lipinski definition) is 4. The molecule has 60 heavy (non-hydrogen) atoms. The van der Waals surface area contributed by atoms with Gasteiger partial charge in [-0.1, -0.05) is 12.1 Å². The number of aromatic nitrogens is 2. The summed E-state index contributed by atoms with van der Waals surface area (Å²) < 4.78 is 36.1. The summed E-state index contributed by atoms with van der Waals surface area (Å²) in [5.41, 5.74) is 3.59. The fraction of sp³-hybridized carbons (Fsp3) is 0.349. The van der Waals surface area contributed by atoms with Gasteiger partial charge in [-0.15, -0.1) is 0 Å². The molecule has 0 bridgehead atoms. The molecule has 1 aromatic heterocycles. The third-order valence-corrected chi connectivity index (χ3v) is 11.4. The first kappa shape index (κ1) is 40.3. The maximum Gasteiger partial charge on any atom is 0.262 e. The highest BCUT2D eigenvalue weighted by Crippen LogP contribution is 2.32. The van der Waals surface area contributed by atoms with Crippen LogP contribution in [0.15, 0.2) is 60.9 Å². The monoisotopic (exact) mass is 819 g/mol. The number of para-hydroxylation sites is 1. The third kappa shape index (κ3) is 8.35. The number of morpholine rings is 1. The molecule has 3 aromatic carbocycles. The van der Waals surface area contributed by atoms with Crippen LogP contribution in [-0.2, 0) is 25.7 Å². The lowest BCUT2D eigenvalue weighted by Gasteiger charge is -2.32. The molecular weight excluding hydrogens is 777 g/mol. The number of allylic oxidation sites excluding steroid dienone is 1. The van der Waals surface area contributed by atoms with Crippen LogP contribution < -0.4 is 16.0 Å². The summed E-state index contributed by atoms with van der Waals surface area (Å²) in [5, 5.41) is 16.8. The van der Waals surface area contributed by atoms with Crippen LogP contribution in [0.25, 0.3) is 27.7 Å². The minimum absolute atomic E-state index is 0.00899. The second-order valence-electron chi connectivity index (χ2n) is 15.2. The van der Waals surface area contributed by atoms with E-state index in [2.05, 4.69) is 20.9 Å². The van der Waals surface area contributed by atoms with Gasteiger partial charge in [0, 0.05) is 93.0 Å². The molecule has 5 amide bonds. The Morgan fingerprint density at radius 1 is 0.933 bits per heavy atom. The lowest BCUT2D eigenvalue weighted by molar-refractivity contribution is -0.136. The molecule has 1 atom stereocenters. The van der Waals surface area contributed by atoms with Crippen LogP contribution in [0, 0.1) is 17.0 Å². The van der Waals surface area contributed by atoms with Crippen molar-refractivity contribution in [1.82, 2.24) is 35.3 Å². The average Bonchev–Trinajstić information content (AvgIpc) is 3.50. The standard InChI is InChI=1S/C43H43F2N9O6/c44-33-18-25(19-34(45)32(33)24-52-14-16-60-17-15-52)29-2-1-3-35-40(29)50-36(23-49-35)26(21-46)22-48-27-9-12-53(13-10-27)39(56)8-11-47-28-4-5-30-31(20-28)43(59)54(42(30)58)37-6-7-38(55)51-41(37)57/h1-5,18-23,27,37,46-48H,6-17,24H2,(H,51,55,57)/b26-22+,46-21?. The van der Waals surface area contributed by atoms with Crippen LogP contribution in [-0.4, -0.2) is 118 Å². The van der Waals surface area contributed by atoms with Crippen molar-refractivity contribution >= 4 is 58.0 Å². The number of piperidine rings is 2. The predicted octanol–water partition coefficient (Wildman–Crippen LogP) is 3.88. The highest BCUT2D eigenvalue weighted by atomic mass is 19.1. The third-order valence-electron chi connectivity index (χ3n) is 11.4. The number of nitrogens with one attached hydrogen (secondary N) is 4. The van der Waals surface area contributed by atoms with Crippen molar-refractivity contribution in [2.75, 3.05) is 51.3 Å². The van der Waals surface area contributed by atoms with Crippen molar-refractivity contribution in [2.24, 2.45) is 0 Å². The maximum atomic E-state index is 15.4. The Labute approximate surface area is 343 Å². The van der Waals surface area contributed by atoms with Gasteiger partial charge in [0.15, 0.2) is 0 Å². The van der Waals surface area contributed by atoms with Gasteiger partial charge in [0.2, 0.25) is 17.7 Å². The van der Waals surface area contributed by atoms with Crippen LogP contribution in [0.1, 0.15) is 64.1 Å². The van der Waals surface area contributed by atoms with E-state index in [1.807, 2.05) is 4.90 Å². The first-order valence-corrected chi connectivity index (χ1v) is 20.0. The Balaban J connectivity index is 0.847. The Kier molecular flexibility index (Phi) is 11.7. The molecule has 0 radical (unpaired) electrons. The first-order valence-electron chi connectivity index (χ1n) is 20.0. The Bertz CT molecular complexity index is 2410. The second-order valence-corrected chi connectivity index (χ2v) is 15.2. The first-order chi connectivity index (χ1) is 29.1. The van der Waals surface area contributed by atoms with Gasteiger partial charge in [-0.05, 0) is 61.2 Å². The number of rotatable bonds is 12. The Morgan fingerprint density at radius 3 is 2.42 bits per heavy atom. The van der Waals surface area contributed by atoms with Crippen molar-refractivity contribution in [2.45, 2.75) is 50.7 Å². The summed E-state index contributed by atoms with van der Waals surface area (Å²) in [7, 11) is 0. The average molecular weight is 820 g/mol. The summed E-state index contributed by atoms with van der Waals surface area (Å²) >= 11 is 0. The molecule has 4 aromatic rings. The molecule has 15 nitrogen and oxygen atoms in total. The van der Waals surface area contributed by atoms with E-state index in [1.165, 1.54) is 30.5 Å². The van der Waals surface area contributed by atoms with Crippen molar-refractivity contribution in [3.05, 3.63) is 94.9 Å². The summed E-state index contributed by atoms with van der Waals surface area (Å²) in [6.45, 7) is 3.74.